The van der Waals surface area contributed by atoms with Crippen LogP contribution in [0, 0.1) is 6.92 Å². The van der Waals surface area contributed by atoms with Crippen LogP contribution in [0.4, 0.5) is 0 Å². The van der Waals surface area contributed by atoms with Crippen LogP contribution < -0.4 is 19.5 Å². The fraction of sp³-hybridized carbons (Fsp3) is 0.250. The lowest BCUT2D eigenvalue weighted by Gasteiger charge is -2.16. The smallest absolute Gasteiger partial charge is 0.166 e. The van der Waals surface area contributed by atoms with Crippen molar-refractivity contribution in [3.63, 3.8) is 0 Å². The molecular weight excluding hydrogens is 386 g/mol. The van der Waals surface area contributed by atoms with Crippen LogP contribution in [0.5, 0.6) is 17.2 Å². The summed E-state index contributed by atoms with van der Waals surface area (Å²) in [5.41, 5.74) is 4.54. The third-order valence-corrected chi connectivity index (χ3v) is 4.61. The van der Waals surface area contributed by atoms with Gasteiger partial charge in [-0.1, -0.05) is 60.2 Å². The van der Waals surface area contributed by atoms with E-state index in [1.54, 1.807) is 14.2 Å². The number of rotatable bonds is 9. The molecule has 3 aromatic rings. The van der Waals surface area contributed by atoms with Crippen molar-refractivity contribution in [3.05, 3.63) is 89.0 Å². The summed E-state index contributed by atoms with van der Waals surface area (Å²) in [5.74, 6) is 2.40. The molecule has 0 heterocycles. The molecule has 0 saturated heterocycles. The average Bonchev–Trinajstić information content (AvgIpc) is 2.74. The van der Waals surface area contributed by atoms with Crippen molar-refractivity contribution in [1.82, 2.24) is 5.32 Å². The highest BCUT2D eigenvalue weighted by atomic mass is 35.5. The number of benzene rings is 3. The molecule has 0 radical (unpaired) electrons. The number of nitrogens with one attached hydrogen (secondary N) is 1. The molecule has 0 aliphatic heterocycles. The second-order valence-electron chi connectivity index (χ2n) is 6.64. The van der Waals surface area contributed by atoms with Crippen LogP contribution in [0.3, 0.4) is 0 Å². The predicted octanol–water partition coefficient (Wildman–Crippen LogP) is 5.30. The Morgan fingerprint density at radius 3 is 2.07 bits per heavy atom. The van der Waals surface area contributed by atoms with Crippen molar-refractivity contribution in [2.75, 3.05) is 14.2 Å². The molecule has 3 rings (SSSR count). The number of hydrogen-bond acceptors (Lipinski definition) is 4. The predicted molar refractivity (Wildman–Crippen MR) is 119 cm³/mol. The number of aryl methyl sites for hydroxylation is 1. The monoisotopic (exact) mass is 413 g/mol. The van der Waals surface area contributed by atoms with Crippen molar-refractivity contribution in [1.29, 1.82) is 0 Å². The zero-order chi connectivity index (χ0) is 19.8. The van der Waals surface area contributed by atoms with Gasteiger partial charge in [-0.2, -0.15) is 0 Å². The summed E-state index contributed by atoms with van der Waals surface area (Å²) in [6.45, 7) is 3.95. The number of ether oxygens (including phenoxy) is 3. The second kappa shape index (κ2) is 11.3. The van der Waals surface area contributed by atoms with Crippen LogP contribution in [0.1, 0.15) is 22.3 Å². The van der Waals surface area contributed by atoms with Gasteiger partial charge in [-0.3, -0.25) is 0 Å². The highest BCUT2D eigenvalue weighted by molar-refractivity contribution is 5.85. The Hall–Kier alpha value is -2.69. The summed E-state index contributed by atoms with van der Waals surface area (Å²) < 4.78 is 17.1. The maximum Gasteiger partial charge on any atom is 0.166 e. The van der Waals surface area contributed by atoms with Gasteiger partial charge in [0, 0.05) is 24.2 Å². The standard InChI is InChI=1S/C24H27NO3.ClH/c1-18-11-13-19(14-12-18)17-28-24-21(8-6-10-23(24)27-3)16-25-15-20-7-4-5-9-22(20)26-2;/h4-14,25H,15-17H2,1-3H3;1H. The van der Waals surface area contributed by atoms with Crippen LogP contribution in [-0.2, 0) is 19.7 Å². The van der Waals surface area contributed by atoms with Crippen LogP contribution >= 0.6 is 12.4 Å². The van der Waals surface area contributed by atoms with E-state index in [9.17, 15) is 0 Å². The fourth-order valence-electron chi connectivity index (χ4n) is 3.05. The Labute approximate surface area is 179 Å². The summed E-state index contributed by atoms with van der Waals surface area (Å²) in [7, 11) is 3.36. The second-order valence-corrected chi connectivity index (χ2v) is 6.64. The highest BCUT2D eigenvalue weighted by Crippen LogP contribution is 2.32. The molecule has 154 valence electrons. The topological polar surface area (TPSA) is 39.7 Å². The lowest BCUT2D eigenvalue weighted by atomic mass is 10.1. The number of methoxy groups -OCH3 is 2. The number of halogens is 1. The number of hydrogen-bond donors (Lipinski definition) is 1. The zero-order valence-corrected chi connectivity index (χ0v) is 17.9. The zero-order valence-electron chi connectivity index (χ0n) is 17.1. The van der Waals surface area contributed by atoms with Gasteiger partial charge in [0.2, 0.25) is 0 Å². The molecule has 0 saturated carbocycles. The maximum absolute atomic E-state index is 6.14. The summed E-state index contributed by atoms with van der Waals surface area (Å²) >= 11 is 0. The van der Waals surface area contributed by atoms with Crippen molar-refractivity contribution in [2.45, 2.75) is 26.6 Å². The Morgan fingerprint density at radius 2 is 1.34 bits per heavy atom. The van der Waals surface area contributed by atoms with Crippen LogP contribution in [-0.4, -0.2) is 14.2 Å². The summed E-state index contributed by atoms with van der Waals surface area (Å²) in [4.78, 5) is 0. The summed E-state index contributed by atoms with van der Waals surface area (Å²) in [5, 5.41) is 3.47. The minimum atomic E-state index is 0. The first kappa shape index (κ1) is 22.6. The van der Waals surface area contributed by atoms with E-state index >= 15 is 0 Å². The summed E-state index contributed by atoms with van der Waals surface area (Å²) in [6.07, 6.45) is 0. The molecule has 29 heavy (non-hydrogen) atoms. The SMILES string of the molecule is COc1ccccc1CNCc1cccc(OC)c1OCc1ccc(C)cc1.Cl. The number of para-hydroxylation sites is 2. The molecule has 4 nitrogen and oxygen atoms in total. The molecular formula is C24H28ClNO3. The van der Waals surface area contributed by atoms with E-state index in [0.717, 1.165) is 33.9 Å². The molecule has 0 bridgehead atoms. The Balaban J connectivity index is 0.00000300. The van der Waals surface area contributed by atoms with E-state index in [-0.39, 0.29) is 12.4 Å². The molecule has 0 aliphatic carbocycles. The van der Waals surface area contributed by atoms with E-state index in [1.807, 2.05) is 30.3 Å². The quantitative estimate of drug-likeness (QED) is 0.516. The fourth-order valence-corrected chi connectivity index (χ4v) is 3.05. The lowest BCUT2D eigenvalue weighted by Crippen LogP contribution is -2.14. The molecule has 0 atom stereocenters. The van der Waals surface area contributed by atoms with E-state index in [2.05, 4.69) is 48.6 Å². The Morgan fingerprint density at radius 1 is 0.724 bits per heavy atom. The van der Waals surface area contributed by atoms with Gasteiger partial charge in [-0.25, -0.2) is 0 Å². The summed E-state index contributed by atoms with van der Waals surface area (Å²) in [6, 6.07) is 22.4. The lowest BCUT2D eigenvalue weighted by molar-refractivity contribution is 0.280. The van der Waals surface area contributed by atoms with Crippen molar-refractivity contribution in [3.8, 4) is 17.2 Å². The van der Waals surface area contributed by atoms with E-state index in [4.69, 9.17) is 14.2 Å². The van der Waals surface area contributed by atoms with E-state index < -0.39 is 0 Å². The van der Waals surface area contributed by atoms with Crippen molar-refractivity contribution < 1.29 is 14.2 Å². The van der Waals surface area contributed by atoms with Crippen LogP contribution in [0.2, 0.25) is 0 Å². The largest absolute Gasteiger partial charge is 0.496 e. The van der Waals surface area contributed by atoms with Crippen molar-refractivity contribution in [2.24, 2.45) is 0 Å². The van der Waals surface area contributed by atoms with Gasteiger partial charge in [0.05, 0.1) is 14.2 Å². The third-order valence-electron chi connectivity index (χ3n) is 4.61. The van der Waals surface area contributed by atoms with Gasteiger partial charge in [0.15, 0.2) is 11.5 Å². The minimum Gasteiger partial charge on any atom is -0.496 e. The molecule has 0 spiro atoms. The third kappa shape index (κ3) is 6.14. The molecule has 0 amide bonds. The maximum atomic E-state index is 6.14. The molecule has 3 aromatic carbocycles. The molecule has 0 aliphatic rings. The Bertz CT molecular complexity index is 897. The van der Waals surface area contributed by atoms with Crippen LogP contribution in [0.15, 0.2) is 66.7 Å². The van der Waals surface area contributed by atoms with Gasteiger partial charge in [0.25, 0.3) is 0 Å². The van der Waals surface area contributed by atoms with E-state index in [0.29, 0.717) is 19.7 Å². The Kier molecular flexibility index (Phi) is 8.84. The van der Waals surface area contributed by atoms with E-state index in [1.165, 1.54) is 5.56 Å². The normalized spacial score (nSPS) is 10.2. The first-order chi connectivity index (χ1) is 13.7. The van der Waals surface area contributed by atoms with Crippen molar-refractivity contribution >= 4 is 12.4 Å². The van der Waals surface area contributed by atoms with Crippen LogP contribution in [0.25, 0.3) is 0 Å². The highest BCUT2D eigenvalue weighted by Gasteiger charge is 2.11. The van der Waals surface area contributed by atoms with Gasteiger partial charge < -0.3 is 19.5 Å². The average molecular weight is 414 g/mol. The first-order valence-corrected chi connectivity index (χ1v) is 9.38. The van der Waals surface area contributed by atoms with Gasteiger partial charge in [-0.15, -0.1) is 12.4 Å². The minimum absolute atomic E-state index is 0. The van der Waals surface area contributed by atoms with Gasteiger partial charge >= 0.3 is 0 Å². The van der Waals surface area contributed by atoms with Gasteiger partial charge in [0.1, 0.15) is 12.4 Å². The molecule has 0 aromatic heterocycles. The molecule has 0 unspecified atom stereocenters. The molecule has 1 N–H and O–H groups in total. The molecule has 5 heteroatoms. The molecule has 0 fully saturated rings. The first-order valence-electron chi connectivity index (χ1n) is 9.38. The van der Waals surface area contributed by atoms with Gasteiger partial charge in [-0.05, 0) is 24.6 Å².